The molecule has 16 nitrogen and oxygen atoms in total. The van der Waals surface area contributed by atoms with Crippen molar-refractivity contribution < 1.29 is 76.1 Å². The Morgan fingerprint density at radius 2 is 1.04 bits per heavy atom. The highest BCUT2D eigenvalue weighted by Gasteiger charge is 2.64. The van der Waals surface area contributed by atoms with Gasteiger partial charge in [-0.3, -0.25) is 9.59 Å². The van der Waals surface area contributed by atoms with Crippen molar-refractivity contribution in [2.24, 2.45) is 81.8 Å². The first kappa shape index (κ1) is 71.2. The first-order chi connectivity index (χ1) is 46.1. The van der Waals surface area contributed by atoms with E-state index in [0.717, 1.165) is 51.4 Å². The van der Waals surface area contributed by atoms with Crippen LogP contribution in [0.5, 0.6) is 0 Å². The minimum absolute atomic E-state index is 0.00153. The van der Waals surface area contributed by atoms with Crippen molar-refractivity contribution in [2.75, 3.05) is 13.2 Å². The predicted octanol–water partition coefficient (Wildman–Crippen LogP) is 14.9. The van der Waals surface area contributed by atoms with Gasteiger partial charge in [0.1, 0.15) is 30.4 Å². The molecule has 7 aliphatic rings. The fourth-order valence-electron chi connectivity index (χ4n) is 18.2. The van der Waals surface area contributed by atoms with Gasteiger partial charge in [-0.15, -0.1) is 0 Å². The van der Waals surface area contributed by atoms with E-state index in [9.17, 15) is 28.8 Å². The van der Waals surface area contributed by atoms with E-state index < -0.39 is 79.3 Å². The van der Waals surface area contributed by atoms with Gasteiger partial charge >= 0.3 is 23.9 Å². The van der Waals surface area contributed by atoms with Crippen LogP contribution in [0.25, 0.3) is 0 Å². The summed E-state index contributed by atoms with van der Waals surface area (Å²) in [6, 6.07) is 34.3. The van der Waals surface area contributed by atoms with E-state index in [1.807, 2.05) is 39.0 Å². The van der Waals surface area contributed by atoms with Crippen LogP contribution in [0.2, 0.25) is 0 Å². The molecule has 11 rings (SSSR count). The van der Waals surface area contributed by atoms with E-state index in [1.165, 1.54) is 0 Å². The molecule has 3 saturated heterocycles. The Morgan fingerprint density at radius 3 is 1.62 bits per heavy atom. The summed E-state index contributed by atoms with van der Waals surface area (Å²) in [5, 5.41) is 0. The van der Waals surface area contributed by atoms with Crippen molar-refractivity contribution in [2.45, 2.75) is 221 Å². The fourth-order valence-corrected chi connectivity index (χ4v) is 18.2. The van der Waals surface area contributed by atoms with Crippen LogP contribution in [0, 0.1) is 81.8 Å². The van der Waals surface area contributed by atoms with Crippen molar-refractivity contribution >= 4 is 35.4 Å². The Labute approximate surface area is 568 Å². The molecule has 0 spiro atoms. The number of ketones is 2. The van der Waals surface area contributed by atoms with E-state index in [1.54, 1.807) is 103 Å². The molecular weight excluding hydrogens is 1220 g/mol. The lowest BCUT2D eigenvalue weighted by Crippen LogP contribution is -2.62. The SMILES string of the molecule is CCC1O[C@@H](OC2[C@H](OC3CCC4(C)C(CCC5C4CCC4(C)C5CC(=O)C4[C@H](C)C(=O)CC[C@H](C)CO[C@@H]4OC(CC)[C@@H](OC(=O)c5ccccc5)[C@H](OC(=O)c5ccccc5)C4OC(=O)c4ccccc4)C3)OC(COC(=O)c3ccccc3)[C@@H](C)[C@@H]2C)C(C)[C@@H](C)[C@@H]1C. The van der Waals surface area contributed by atoms with Crippen molar-refractivity contribution in [3.8, 4) is 0 Å². The number of fused-ring (bicyclic) bond motifs is 5. The van der Waals surface area contributed by atoms with Crippen LogP contribution < -0.4 is 0 Å². The molecular formula is C80H104O16. The van der Waals surface area contributed by atoms with E-state index in [-0.39, 0.29) is 112 Å². The number of ether oxygens (including phenoxy) is 10. The van der Waals surface area contributed by atoms with Gasteiger partial charge in [-0.2, -0.15) is 0 Å². The van der Waals surface area contributed by atoms with Gasteiger partial charge in [0.2, 0.25) is 0 Å². The van der Waals surface area contributed by atoms with Crippen LogP contribution in [-0.2, 0) is 57.0 Å². The van der Waals surface area contributed by atoms with Crippen molar-refractivity contribution in [1.82, 2.24) is 0 Å². The molecule has 25 atom stereocenters. The number of rotatable bonds is 23. The summed E-state index contributed by atoms with van der Waals surface area (Å²) >= 11 is 0. The lowest BCUT2D eigenvalue weighted by molar-refractivity contribution is -0.347. The zero-order valence-corrected chi connectivity index (χ0v) is 58.3. The number of benzene rings is 4. The van der Waals surface area contributed by atoms with Crippen molar-refractivity contribution in [1.29, 1.82) is 0 Å². The summed E-state index contributed by atoms with van der Waals surface area (Å²) in [4.78, 5) is 84.2. The van der Waals surface area contributed by atoms with Crippen molar-refractivity contribution in [3.63, 3.8) is 0 Å². The van der Waals surface area contributed by atoms with Gasteiger partial charge in [-0.25, -0.2) is 19.2 Å². The van der Waals surface area contributed by atoms with Gasteiger partial charge in [-0.05, 0) is 177 Å². The second kappa shape index (κ2) is 31.0. The van der Waals surface area contributed by atoms with Crippen LogP contribution >= 0.6 is 0 Å². The maximum absolute atomic E-state index is 14.6. The maximum Gasteiger partial charge on any atom is 0.338 e. The molecule has 4 aromatic rings. The standard InChI is InChI=1S/C80H104O16/c1-12-64-48(5)47(4)51(8)76(90-64)96-68-50(7)49(6)66(45-87-72(83)53-26-18-14-19-27-53)92-78(68)89-58-38-40-79(10)57(42-58)35-36-59-60(79)39-41-80(11)61(59)43-63(82)67(80)52(9)62(81)37-34-46(3)44-88-77-71(95-75(86)56-32-24-17-25-33-56)70(94-74(85)55-30-22-16-23-31-55)69(65(13-2)91-77)93-73(84)54-28-20-15-21-29-54/h14-33,46-52,57-61,64-71,76-78H,12-13,34-45H2,1-11H3/t46-,47-,48-,49-,50-,51?,52+,57?,58?,59?,60?,61?,64?,65?,66?,67?,68?,69+,70-,71?,76-,77+,78+,79?,80?/m0/s1. The number of carbonyl (C=O) groups excluding carboxylic acids is 6. The highest BCUT2D eigenvalue weighted by Crippen LogP contribution is 2.68. The topological polar surface area (TPSA) is 195 Å². The number of hydrogen-bond donors (Lipinski definition) is 0. The summed E-state index contributed by atoms with van der Waals surface area (Å²) in [6.45, 7) is 24.1. The molecule has 0 bridgehead atoms. The normalized spacial score (nSPS) is 37.2. The predicted molar refractivity (Wildman–Crippen MR) is 360 cm³/mol. The molecule has 3 heterocycles. The Hall–Kier alpha value is -6.14. The lowest BCUT2D eigenvalue weighted by Gasteiger charge is -2.61. The Morgan fingerprint density at radius 1 is 0.521 bits per heavy atom. The summed E-state index contributed by atoms with van der Waals surface area (Å²) in [7, 11) is 0. The highest BCUT2D eigenvalue weighted by atomic mass is 16.7. The summed E-state index contributed by atoms with van der Waals surface area (Å²) in [6.07, 6.45) is 1.19. The van der Waals surface area contributed by atoms with Gasteiger partial charge in [0, 0.05) is 30.6 Å². The third-order valence-corrected chi connectivity index (χ3v) is 24.6. The van der Waals surface area contributed by atoms with Crippen LogP contribution in [0.3, 0.4) is 0 Å². The zero-order valence-electron chi connectivity index (χ0n) is 58.3. The maximum atomic E-state index is 14.6. The second-order valence-corrected chi connectivity index (χ2v) is 30.1. The van der Waals surface area contributed by atoms with Gasteiger partial charge in [-0.1, -0.05) is 149 Å². The number of Topliss-reactive ketones (excluding diaryl/α,β-unsaturated/α-hetero) is 2. The molecule has 4 saturated carbocycles. The third-order valence-electron chi connectivity index (χ3n) is 24.6. The quantitative estimate of drug-likeness (QED) is 0.0386. The molecule has 3 aliphatic heterocycles. The molecule has 4 aliphatic carbocycles. The first-order valence-corrected chi connectivity index (χ1v) is 36.1. The molecule has 0 radical (unpaired) electrons. The van der Waals surface area contributed by atoms with Crippen LogP contribution in [0.15, 0.2) is 121 Å². The van der Waals surface area contributed by atoms with Gasteiger partial charge < -0.3 is 47.4 Å². The molecule has 0 aromatic heterocycles. The molecule has 0 N–H and O–H groups in total. The lowest BCUT2D eigenvalue weighted by atomic mass is 9.44. The van der Waals surface area contributed by atoms with Crippen LogP contribution in [-0.4, -0.2) is 116 Å². The van der Waals surface area contributed by atoms with E-state index >= 15 is 0 Å². The molecule has 7 fully saturated rings. The first-order valence-electron chi connectivity index (χ1n) is 36.1. The van der Waals surface area contributed by atoms with E-state index in [0.29, 0.717) is 54.4 Å². The molecule has 96 heavy (non-hydrogen) atoms. The molecule has 4 aromatic carbocycles. The number of esters is 4. The Bertz CT molecular complexity index is 3270. The van der Waals surface area contributed by atoms with Crippen LogP contribution in [0.1, 0.15) is 195 Å². The average Bonchev–Trinajstić information content (AvgIpc) is 1.43. The summed E-state index contributed by atoms with van der Waals surface area (Å²) in [5.41, 5.74) is 1.01. The fraction of sp³-hybridized carbons (Fsp3) is 0.625. The van der Waals surface area contributed by atoms with E-state index in [4.69, 9.17) is 47.4 Å². The van der Waals surface area contributed by atoms with Gasteiger partial charge in [0.05, 0.1) is 47.2 Å². The minimum atomic E-state index is -1.40. The summed E-state index contributed by atoms with van der Waals surface area (Å²) < 4.78 is 65.8. The molecule has 14 unspecified atom stereocenters. The average molecular weight is 1320 g/mol. The number of carbonyl (C=O) groups is 6. The van der Waals surface area contributed by atoms with Gasteiger partial charge in [0.15, 0.2) is 37.2 Å². The zero-order chi connectivity index (χ0) is 68.2. The molecule has 0 amide bonds. The second-order valence-electron chi connectivity index (χ2n) is 30.1. The Kier molecular flexibility index (Phi) is 22.9. The van der Waals surface area contributed by atoms with Crippen molar-refractivity contribution in [3.05, 3.63) is 144 Å². The largest absolute Gasteiger partial charge is 0.459 e. The summed E-state index contributed by atoms with van der Waals surface area (Å²) in [5.74, 6) is -0.857. The number of hydrogen-bond acceptors (Lipinski definition) is 16. The van der Waals surface area contributed by atoms with E-state index in [2.05, 4.69) is 55.4 Å². The Balaban J connectivity index is 0.728. The molecule has 520 valence electrons. The minimum Gasteiger partial charge on any atom is -0.459 e. The van der Waals surface area contributed by atoms with Gasteiger partial charge in [0.25, 0.3) is 0 Å². The molecule has 16 heteroatoms. The van der Waals surface area contributed by atoms with Crippen LogP contribution in [0.4, 0.5) is 0 Å². The third kappa shape index (κ3) is 15.1. The highest BCUT2D eigenvalue weighted by molar-refractivity contribution is 5.93. The smallest absolute Gasteiger partial charge is 0.338 e. The monoisotopic (exact) mass is 1320 g/mol.